The van der Waals surface area contributed by atoms with Crippen molar-refractivity contribution in [1.29, 1.82) is 5.41 Å². The van der Waals surface area contributed by atoms with Gasteiger partial charge in [0.1, 0.15) is 11.6 Å². The fourth-order valence-corrected chi connectivity index (χ4v) is 2.93. The first-order chi connectivity index (χ1) is 14.8. The zero-order chi connectivity index (χ0) is 22.8. The summed E-state index contributed by atoms with van der Waals surface area (Å²) in [5.41, 5.74) is 7.82. The van der Waals surface area contributed by atoms with Crippen molar-refractivity contribution in [3.05, 3.63) is 83.4 Å². The van der Waals surface area contributed by atoms with Gasteiger partial charge in [0, 0.05) is 24.2 Å². The van der Waals surface area contributed by atoms with Gasteiger partial charge in [-0.25, -0.2) is 4.79 Å². The van der Waals surface area contributed by atoms with Gasteiger partial charge >= 0.3 is 5.97 Å². The van der Waals surface area contributed by atoms with Crippen LogP contribution in [0.25, 0.3) is 6.08 Å². The molecular weight excluding hydrogens is 390 g/mol. The van der Waals surface area contributed by atoms with Crippen molar-refractivity contribution in [1.82, 2.24) is 4.90 Å². The van der Waals surface area contributed by atoms with Crippen LogP contribution < -0.4 is 10.5 Å². The number of amidine groups is 1. The van der Waals surface area contributed by atoms with E-state index >= 15 is 0 Å². The SMILES string of the molecule is C=CCN(CCCC)C(=O)/C(C)=C/c1ccc(C(=O)Oc2ccc(C(=N)N)cc2)cc1. The highest BCUT2D eigenvalue weighted by molar-refractivity contribution is 5.98. The third-order valence-electron chi connectivity index (χ3n) is 4.66. The van der Waals surface area contributed by atoms with Gasteiger partial charge in [-0.1, -0.05) is 31.6 Å². The van der Waals surface area contributed by atoms with E-state index in [2.05, 4.69) is 13.5 Å². The van der Waals surface area contributed by atoms with Crippen LogP contribution in [0.2, 0.25) is 0 Å². The molecule has 0 saturated heterocycles. The van der Waals surface area contributed by atoms with Crippen LogP contribution in [0.3, 0.4) is 0 Å². The van der Waals surface area contributed by atoms with Gasteiger partial charge in [0.15, 0.2) is 0 Å². The summed E-state index contributed by atoms with van der Waals surface area (Å²) in [4.78, 5) is 26.8. The average molecular weight is 420 g/mol. The first-order valence-electron chi connectivity index (χ1n) is 10.2. The van der Waals surface area contributed by atoms with E-state index in [4.69, 9.17) is 15.9 Å². The first-order valence-corrected chi connectivity index (χ1v) is 10.2. The molecule has 6 nitrogen and oxygen atoms in total. The van der Waals surface area contributed by atoms with E-state index in [1.165, 1.54) is 0 Å². The fourth-order valence-electron chi connectivity index (χ4n) is 2.93. The number of nitrogen functional groups attached to an aromatic ring is 1. The summed E-state index contributed by atoms with van der Waals surface area (Å²) in [7, 11) is 0. The number of unbranched alkanes of at least 4 members (excludes halogenated alkanes) is 1. The van der Waals surface area contributed by atoms with Crippen LogP contribution in [0.15, 0.2) is 66.8 Å². The Bertz CT molecular complexity index is 961. The zero-order valence-corrected chi connectivity index (χ0v) is 18.1. The summed E-state index contributed by atoms with van der Waals surface area (Å²) in [5, 5.41) is 7.39. The second-order valence-electron chi connectivity index (χ2n) is 7.17. The minimum absolute atomic E-state index is 0.0224. The number of carbonyl (C=O) groups is 2. The van der Waals surface area contributed by atoms with Gasteiger partial charge in [0.25, 0.3) is 0 Å². The van der Waals surface area contributed by atoms with Crippen LogP contribution >= 0.6 is 0 Å². The molecule has 0 aliphatic heterocycles. The summed E-state index contributed by atoms with van der Waals surface area (Å²) in [6, 6.07) is 13.3. The summed E-state index contributed by atoms with van der Waals surface area (Å²) in [6.07, 6.45) is 5.50. The quantitative estimate of drug-likeness (QED) is 0.149. The topological polar surface area (TPSA) is 96.5 Å². The molecule has 162 valence electrons. The minimum atomic E-state index is -0.490. The number of carbonyl (C=O) groups excluding carboxylic acids is 2. The number of amides is 1. The predicted molar refractivity (Wildman–Crippen MR) is 124 cm³/mol. The van der Waals surface area contributed by atoms with Crippen LogP contribution in [0.1, 0.15) is 48.2 Å². The molecular formula is C25H29N3O3. The van der Waals surface area contributed by atoms with E-state index in [1.54, 1.807) is 72.5 Å². The molecule has 2 aromatic rings. The molecule has 0 bridgehead atoms. The molecule has 1 amide bonds. The Morgan fingerprint density at radius 1 is 1.10 bits per heavy atom. The summed E-state index contributed by atoms with van der Waals surface area (Å²) in [6.45, 7) is 8.82. The van der Waals surface area contributed by atoms with Crippen molar-refractivity contribution in [3.8, 4) is 5.75 Å². The third-order valence-corrected chi connectivity index (χ3v) is 4.66. The van der Waals surface area contributed by atoms with E-state index in [0.29, 0.717) is 35.5 Å². The number of nitrogens with one attached hydrogen (secondary N) is 1. The van der Waals surface area contributed by atoms with Crippen molar-refractivity contribution in [3.63, 3.8) is 0 Å². The van der Waals surface area contributed by atoms with Crippen LogP contribution in [-0.2, 0) is 4.79 Å². The highest BCUT2D eigenvalue weighted by Crippen LogP contribution is 2.16. The molecule has 0 heterocycles. The Labute approximate surface area is 183 Å². The van der Waals surface area contributed by atoms with E-state index in [9.17, 15) is 9.59 Å². The molecule has 0 radical (unpaired) electrons. The number of hydrogen-bond acceptors (Lipinski definition) is 4. The molecule has 2 aromatic carbocycles. The lowest BCUT2D eigenvalue weighted by atomic mass is 10.1. The molecule has 0 aromatic heterocycles. The van der Waals surface area contributed by atoms with Crippen LogP contribution in [0.5, 0.6) is 5.75 Å². The van der Waals surface area contributed by atoms with Crippen molar-refractivity contribution in [2.45, 2.75) is 26.7 Å². The van der Waals surface area contributed by atoms with Gasteiger partial charge in [-0.15, -0.1) is 6.58 Å². The van der Waals surface area contributed by atoms with Crippen LogP contribution in [0, 0.1) is 5.41 Å². The smallest absolute Gasteiger partial charge is 0.343 e. The highest BCUT2D eigenvalue weighted by Gasteiger charge is 2.14. The molecule has 2 rings (SSSR count). The molecule has 0 aliphatic rings. The Kier molecular flexibility index (Phi) is 8.76. The van der Waals surface area contributed by atoms with Crippen LogP contribution in [-0.4, -0.2) is 35.7 Å². The van der Waals surface area contributed by atoms with Crippen molar-refractivity contribution >= 4 is 23.8 Å². The molecule has 31 heavy (non-hydrogen) atoms. The number of rotatable bonds is 10. The van der Waals surface area contributed by atoms with Crippen LogP contribution in [0.4, 0.5) is 0 Å². The lowest BCUT2D eigenvalue weighted by Gasteiger charge is -2.21. The molecule has 0 aliphatic carbocycles. The van der Waals surface area contributed by atoms with E-state index < -0.39 is 5.97 Å². The highest BCUT2D eigenvalue weighted by atomic mass is 16.5. The number of esters is 1. The molecule has 3 N–H and O–H groups in total. The number of ether oxygens (including phenoxy) is 1. The molecule has 0 unspecified atom stereocenters. The van der Waals surface area contributed by atoms with Crippen molar-refractivity contribution in [2.75, 3.05) is 13.1 Å². The molecule has 6 heteroatoms. The number of nitrogens with zero attached hydrogens (tertiary/aromatic N) is 1. The average Bonchev–Trinajstić information content (AvgIpc) is 2.77. The third kappa shape index (κ3) is 6.96. The number of benzene rings is 2. The maximum absolute atomic E-state index is 12.7. The summed E-state index contributed by atoms with van der Waals surface area (Å²) >= 11 is 0. The van der Waals surface area contributed by atoms with Crippen molar-refractivity contribution < 1.29 is 14.3 Å². The van der Waals surface area contributed by atoms with E-state index in [0.717, 1.165) is 18.4 Å². The minimum Gasteiger partial charge on any atom is -0.423 e. The first kappa shape index (κ1) is 23.6. The van der Waals surface area contributed by atoms with Gasteiger partial charge in [-0.05, 0) is 61.4 Å². The Hall–Kier alpha value is -3.67. The van der Waals surface area contributed by atoms with Gasteiger partial charge < -0.3 is 15.4 Å². The molecule has 0 saturated carbocycles. The van der Waals surface area contributed by atoms with Crippen molar-refractivity contribution in [2.24, 2.45) is 5.73 Å². The summed E-state index contributed by atoms with van der Waals surface area (Å²) < 4.78 is 5.35. The second kappa shape index (κ2) is 11.5. The maximum Gasteiger partial charge on any atom is 0.343 e. The molecule has 0 atom stereocenters. The van der Waals surface area contributed by atoms with Gasteiger partial charge in [-0.2, -0.15) is 0 Å². The summed E-state index contributed by atoms with van der Waals surface area (Å²) in [5.74, 6) is -0.190. The van der Waals surface area contributed by atoms with Gasteiger partial charge in [0.05, 0.1) is 5.56 Å². The second-order valence-corrected chi connectivity index (χ2v) is 7.17. The fraction of sp³-hybridized carbons (Fsp3) is 0.240. The molecule has 0 fully saturated rings. The lowest BCUT2D eigenvalue weighted by Crippen LogP contribution is -2.32. The Morgan fingerprint density at radius 2 is 1.71 bits per heavy atom. The number of nitrogens with two attached hydrogens (primary N) is 1. The van der Waals surface area contributed by atoms with Gasteiger partial charge in [-0.3, -0.25) is 10.2 Å². The molecule has 0 spiro atoms. The zero-order valence-electron chi connectivity index (χ0n) is 18.1. The van der Waals surface area contributed by atoms with E-state index in [1.807, 2.05) is 0 Å². The monoisotopic (exact) mass is 419 g/mol. The lowest BCUT2D eigenvalue weighted by molar-refractivity contribution is -0.126. The largest absolute Gasteiger partial charge is 0.423 e. The predicted octanol–water partition coefficient (Wildman–Crippen LogP) is 4.41. The maximum atomic E-state index is 12.7. The number of hydrogen-bond donors (Lipinski definition) is 2. The van der Waals surface area contributed by atoms with Gasteiger partial charge in [0.2, 0.25) is 5.91 Å². The standard InChI is InChI=1S/C25H29N3O3/c1-4-6-16-28(15-5-2)24(29)18(3)17-19-7-9-21(10-8-19)25(30)31-22-13-11-20(12-14-22)23(26)27/h5,7-14,17H,2,4,6,15-16H2,1,3H3,(H3,26,27)/b18-17+. The Balaban J connectivity index is 2.05. The van der Waals surface area contributed by atoms with E-state index in [-0.39, 0.29) is 11.7 Å². The normalized spacial score (nSPS) is 11.0. The Morgan fingerprint density at radius 3 is 2.26 bits per heavy atom.